The number of halogens is 7. The Labute approximate surface area is 228 Å². The Hall–Kier alpha value is -3.47. The summed E-state index contributed by atoms with van der Waals surface area (Å²) in [5, 5.41) is 10.0. The smallest absolute Gasteiger partial charge is 0.365 e. The molecule has 3 N–H and O–H groups in total. The van der Waals surface area contributed by atoms with Crippen molar-refractivity contribution < 1.29 is 35.9 Å². The van der Waals surface area contributed by atoms with Gasteiger partial charge in [-0.3, -0.25) is 19.0 Å². The first-order chi connectivity index (χ1) is 18.0. The van der Waals surface area contributed by atoms with Gasteiger partial charge in [-0.2, -0.15) is 36.5 Å². The van der Waals surface area contributed by atoms with Crippen molar-refractivity contribution in [2.24, 2.45) is 5.73 Å². The first kappa shape index (κ1) is 28.5. The van der Waals surface area contributed by atoms with Crippen molar-refractivity contribution in [2.45, 2.75) is 46.2 Å². The number of nitrogens with two attached hydrogens (primary N) is 1. The van der Waals surface area contributed by atoms with Crippen molar-refractivity contribution in [1.82, 2.24) is 24.5 Å². The molecule has 0 spiro atoms. The van der Waals surface area contributed by atoms with Gasteiger partial charge in [-0.05, 0) is 48.3 Å². The average Bonchev–Trinajstić information content (AvgIpc) is 3.47. The zero-order valence-corrected chi connectivity index (χ0v) is 22.7. The number of amides is 2. The largest absolute Gasteiger partial charge is 0.436 e. The molecule has 0 saturated carbocycles. The van der Waals surface area contributed by atoms with Crippen molar-refractivity contribution >= 4 is 55.0 Å². The van der Waals surface area contributed by atoms with Gasteiger partial charge in [0.05, 0.1) is 22.1 Å². The Kier molecular flexibility index (Phi) is 7.26. The molecule has 0 aromatic carbocycles. The Balaban J connectivity index is 1.88. The second-order valence-corrected chi connectivity index (χ2v) is 10.1. The predicted molar refractivity (Wildman–Crippen MR) is 133 cm³/mol. The highest BCUT2D eigenvalue weighted by molar-refractivity contribution is 9.10. The van der Waals surface area contributed by atoms with Crippen LogP contribution in [0.25, 0.3) is 21.3 Å². The summed E-state index contributed by atoms with van der Waals surface area (Å²) in [6.07, 6.45) is -8.27. The molecule has 0 atom stereocenters. The summed E-state index contributed by atoms with van der Waals surface area (Å²) in [7, 11) is 0. The van der Waals surface area contributed by atoms with Crippen LogP contribution >= 0.6 is 27.3 Å². The van der Waals surface area contributed by atoms with Gasteiger partial charge in [0.2, 0.25) is 5.91 Å². The highest BCUT2D eigenvalue weighted by Crippen LogP contribution is 2.44. The SMILES string of the molecule is CCn1ncc(-c2cc(C(F)(F)F)nc3sc(C(N)=O)c(NC(=O)Cn4nc(C(F)(F)F)c(Br)c4C)c23)c1C. The first-order valence-corrected chi connectivity index (χ1v) is 12.6. The van der Waals surface area contributed by atoms with E-state index in [0.717, 1.165) is 10.7 Å². The molecule has 0 saturated heterocycles. The fourth-order valence-electron chi connectivity index (χ4n) is 3.95. The molecule has 0 aliphatic heterocycles. The third-order valence-corrected chi connectivity index (χ3v) is 7.88. The van der Waals surface area contributed by atoms with Crippen molar-refractivity contribution in [3.8, 4) is 11.1 Å². The number of carbonyl (C=O) groups is 2. The van der Waals surface area contributed by atoms with Crippen LogP contribution < -0.4 is 11.1 Å². The average molecular weight is 638 g/mol. The van der Waals surface area contributed by atoms with Crippen LogP contribution in [0.1, 0.15) is 39.4 Å². The normalized spacial score (nSPS) is 12.4. The summed E-state index contributed by atoms with van der Waals surface area (Å²) in [5.74, 6) is -1.96. The van der Waals surface area contributed by atoms with Gasteiger partial charge in [-0.15, -0.1) is 11.3 Å². The lowest BCUT2D eigenvalue weighted by atomic mass is 10.0. The molecule has 39 heavy (non-hydrogen) atoms. The topological polar surface area (TPSA) is 121 Å². The molecule has 208 valence electrons. The van der Waals surface area contributed by atoms with E-state index in [4.69, 9.17) is 5.73 Å². The van der Waals surface area contributed by atoms with Crippen LogP contribution in [0.4, 0.5) is 32.0 Å². The van der Waals surface area contributed by atoms with E-state index < -0.39 is 42.1 Å². The molecule has 17 heteroatoms. The molecule has 0 bridgehead atoms. The number of alkyl halides is 6. The van der Waals surface area contributed by atoms with Crippen molar-refractivity contribution in [3.05, 3.63) is 44.4 Å². The van der Waals surface area contributed by atoms with Crippen molar-refractivity contribution in [3.63, 3.8) is 0 Å². The lowest BCUT2D eigenvalue weighted by Gasteiger charge is -2.13. The van der Waals surface area contributed by atoms with E-state index >= 15 is 0 Å². The quantitative estimate of drug-likeness (QED) is 0.269. The molecule has 4 aromatic heterocycles. The second kappa shape index (κ2) is 9.93. The van der Waals surface area contributed by atoms with Gasteiger partial charge in [0.15, 0.2) is 5.69 Å². The molecule has 0 radical (unpaired) electrons. The third kappa shape index (κ3) is 5.24. The van der Waals surface area contributed by atoms with Gasteiger partial charge in [-0.25, -0.2) is 4.98 Å². The maximum Gasteiger partial charge on any atom is 0.436 e. The van der Waals surface area contributed by atoms with Gasteiger partial charge >= 0.3 is 12.4 Å². The van der Waals surface area contributed by atoms with Crippen molar-refractivity contribution in [1.29, 1.82) is 0 Å². The monoisotopic (exact) mass is 637 g/mol. The van der Waals surface area contributed by atoms with Crippen LogP contribution in [0.2, 0.25) is 0 Å². The van der Waals surface area contributed by atoms with Crippen LogP contribution in [0.3, 0.4) is 0 Å². The summed E-state index contributed by atoms with van der Waals surface area (Å²) in [5.41, 5.74) is 3.58. The number of aryl methyl sites for hydroxylation is 1. The molecule has 4 heterocycles. The number of rotatable bonds is 6. The van der Waals surface area contributed by atoms with Gasteiger partial charge < -0.3 is 11.1 Å². The third-order valence-electron chi connectivity index (χ3n) is 5.83. The van der Waals surface area contributed by atoms with E-state index in [2.05, 4.69) is 36.4 Å². The number of nitrogens with zero attached hydrogens (tertiary/aromatic N) is 5. The van der Waals surface area contributed by atoms with E-state index in [-0.39, 0.29) is 36.5 Å². The Morgan fingerprint density at radius 2 is 1.74 bits per heavy atom. The maximum atomic E-state index is 13.7. The maximum absolute atomic E-state index is 13.7. The summed E-state index contributed by atoms with van der Waals surface area (Å²) in [6.45, 7) is 4.45. The summed E-state index contributed by atoms with van der Waals surface area (Å²) >= 11 is 3.37. The van der Waals surface area contributed by atoms with Gasteiger partial charge in [0, 0.05) is 23.2 Å². The molecule has 4 rings (SSSR count). The number of pyridine rings is 1. The zero-order valence-electron chi connectivity index (χ0n) is 20.3. The Morgan fingerprint density at radius 1 is 1.08 bits per heavy atom. The molecule has 2 amide bonds. The fraction of sp³-hybridized carbons (Fsp3) is 0.318. The molecule has 0 fully saturated rings. The van der Waals surface area contributed by atoms with Crippen LogP contribution in [0.5, 0.6) is 0 Å². The van der Waals surface area contributed by atoms with E-state index in [0.29, 0.717) is 29.1 Å². The number of nitrogens with one attached hydrogen (secondary N) is 1. The summed E-state index contributed by atoms with van der Waals surface area (Å²) in [4.78, 5) is 28.4. The molecule has 0 unspecified atom stereocenters. The van der Waals surface area contributed by atoms with E-state index in [9.17, 15) is 35.9 Å². The predicted octanol–water partition coefficient (Wildman–Crippen LogP) is 5.53. The van der Waals surface area contributed by atoms with E-state index in [1.807, 2.05) is 0 Å². The lowest BCUT2D eigenvalue weighted by Crippen LogP contribution is -2.22. The summed E-state index contributed by atoms with van der Waals surface area (Å²) < 4.78 is 82.9. The Morgan fingerprint density at radius 3 is 2.26 bits per heavy atom. The number of primary amides is 1. The number of anilines is 1. The Bertz CT molecular complexity index is 1620. The van der Waals surface area contributed by atoms with Crippen LogP contribution in [0.15, 0.2) is 16.7 Å². The molecule has 9 nitrogen and oxygen atoms in total. The molecule has 0 aliphatic rings. The van der Waals surface area contributed by atoms with Crippen LogP contribution in [0, 0.1) is 13.8 Å². The van der Waals surface area contributed by atoms with Crippen LogP contribution in [-0.4, -0.2) is 36.4 Å². The molecule has 0 aliphatic carbocycles. The zero-order chi connectivity index (χ0) is 29.0. The van der Waals surface area contributed by atoms with Crippen molar-refractivity contribution in [2.75, 3.05) is 5.32 Å². The number of hydrogen-bond acceptors (Lipinski definition) is 6. The molecular formula is C22H18BrF6N7O2S. The summed E-state index contributed by atoms with van der Waals surface area (Å²) in [6, 6.07) is 0.782. The van der Waals surface area contributed by atoms with Gasteiger partial charge in [-0.1, -0.05) is 0 Å². The first-order valence-electron chi connectivity index (χ1n) is 11.0. The molecule has 4 aromatic rings. The second-order valence-electron chi connectivity index (χ2n) is 8.31. The number of fused-ring (bicyclic) bond motifs is 1. The standard InChI is InChI=1S/C22H18BrF6N7O2S/c1-4-35-8(2)11(6-31-35)10-5-12(21(24,25)26)32-20-14(10)16(17(39-20)19(30)38)33-13(37)7-36-9(3)15(23)18(34-36)22(27,28)29/h5-6H,4,7H2,1-3H3,(H2,30,38)(H,33,37). The lowest BCUT2D eigenvalue weighted by molar-refractivity contribution is -0.142. The highest BCUT2D eigenvalue weighted by atomic mass is 79.9. The highest BCUT2D eigenvalue weighted by Gasteiger charge is 2.38. The molecular weight excluding hydrogens is 620 g/mol. The van der Waals surface area contributed by atoms with E-state index in [1.165, 1.54) is 13.1 Å². The minimum Gasteiger partial charge on any atom is -0.365 e. The van der Waals surface area contributed by atoms with E-state index in [1.54, 1.807) is 18.5 Å². The van der Waals surface area contributed by atoms with Gasteiger partial charge in [0.25, 0.3) is 5.91 Å². The number of carbonyl (C=O) groups excluding carboxylic acids is 2. The number of thiophene rings is 1. The minimum atomic E-state index is -4.83. The number of aromatic nitrogens is 5. The number of hydrogen-bond donors (Lipinski definition) is 2. The van der Waals surface area contributed by atoms with Crippen LogP contribution in [-0.2, 0) is 30.2 Å². The van der Waals surface area contributed by atoms with Gasteiger partial charge in [0.1, 0.15) is 21.9 Å². The fourth-order valence-corrected chi connectivity index (χ4v) is 5.47. The minimum absolute atomic E-state index is 0.00237.